The molecule has 0 radical (unpaired) electrons. The van der Waals surface area contributed by atoms with Gasteiger partial charge in [0.05, 0.1) is 6.10 Å². The van der Waals surface area contributed by atoms with Gasteiger partial charge in [0.15, 0.2) is 0 Å². The molecule has 4 aliphatic rings. The fraction of sp³-hybridized carbons (Fsp3) is 0.800. The summed E-state index contributed by atoms with van der Waals surface area (Å²) in [6.07, 6.45) is 19.1. The number of aliphatic hydroxyl groups is 1. The minimum atomic E-state index is -0.130. The van der Waals surface area contributed by atoms with Gasteiger partial charge in [0.25, 0.3) is 0 Å². The maximum atomic E-state index is 10.8. The molecule has 174 valence electrons. The van der Waals surface area contributed by atoms with E-state index in [1.165, 1.54) is 69.8 Å². The smallest absolute Gasteiger partial charge is 0.0594 e. The van der Waals surface area contributed by atoms with Crippen molar-refractivity contribution in [1.82, 2.24) is 0 Å². The van der Waals surface area contributed by atoms with E-state index in [-0.39, 0.29) is 11.5 Å². The van der Waals surface area contributed by atoms with Crippen LogP contribution in [0.15, 0.2) is 34.4 Å². The maximum absolute atomic E-state index is 10.8. The summed E-state index contributed by atoms with van der Waals surface area (Å²) in [5, 5.41) is 10.8. The highest BCUT2D eigenvalue weighted by Gasteiger charge is 2.54. The van der Waals surface area contributed by atoms with Gasteiger partial charge in [-0.1, -0.05) is 51.0 Å². The van der Waals surface area contributed by atoms with Crippen LogP contribution in [-0.4, -0.2) is 11.2 Å². The average Bonchev–Trinajstić information content (AvgIpc) is 2.93. The monoisotopic (exact) mass is 424 g/mol. The summed E-state index contributed by atoms with van der Waals surface area (Å²) < 4.78 is 0. The standard InChI is InChI=1S/C30H48O/c1-20(2)8-7-9-21(3)22-10-11-23-13-16-26-25(24(23)14-12-22)15-17-27-29(4,5)28(31)18-19-30(26,27)6/h8,14,21-23,27-28,31H,7,9-13,15-19H2,1-6H3/t21-,22-,23-,27+,28+,30-/m1/s1. The van der Waals surface area contributed by atoms with Gasteiger partial charge in [-0.15, -0.1) is 0 Å². The Kier molecular flexibility index (Phi) is 6.66. The third kappa shape index (κ3) is 4.25. The first kappa shape index (κ1) is 23.3. The summed E-state index contributed by atoms with van der Waals surface area (Å²) in [7, 11) is 0. The Labute approximate surface area is 192 Å². The Bertz CT molecular complexity index is 761. The molecule has 0 aromatic carbocycles. The van der Waals surface area contributed by atoms with Crippen LogP contribution >= 0.6 is 0 Å². The van der Waals surface area contributed by atoms with E-state index in [2.05, 4.69) is 53.7 Å². The number of hydrogen-bond acceptors (Lipinski definition) is 1. The van der Waals surface area contributed by atoms with Crippen molar-refractivity contribution in [2.24, 2.45) is 34.5 Å². The predicted octanol–water partition coefficient (Wildman–Crippen LogP) is 8.40. The van der Waals surface area contributed by atoms with Crippen molar-refractivity contribution in [1.29, 1.82) is 0 Å². The first-order valence-corrected chi connectivity index (χ1v) is 13.4. The molecular formula is C30H48O. The maximum Gasteiger partial charge on any atom is 0.0594 e. The molecule has 31 heavy (non-hydrogen) atoms. The second-order valence-corrected chi connectivity index (χ2v) is 12.6. The van der Waals surface area contributed by atoms with Gasteiger partial charge in [0, 0.05) is 0 Å². The van der Waals surface area contributed by atoms with Gasteiger partial charge in [-0.3, -0.25) is 0 Å². The lowest BCUT2D eigenvalue weighted by Crippen LogP contribution is -2.52. The number of allylic oxidation sites excluding steroid dienone is 6. The van der Waals surface area contributed by atoms with E-state index in [1.54, 1.807) is 16.7 Å². The lowest BCUT2D eigenvalue weighted by molar-refractivity contribution is -0.0898. The largest absolute Gasteiger partial charge is 0.393 e. The minimum absolute atomic E-state index is 0.0476. The molecule has 0 aromatic rings. The van der Waals surface area contributed by atoms with E-state index in [9.17, 15) is 5.11 Å². The van der Waals surface area contributed by atoms with Gasteiger partial charge < -0.3 is 5.11 Å². The van der Waals surface area contributed by atoms with Crippen molar-refractivity contribution >= 4 is 0 Å². The van der Waals surface area contributed by atoms with Crippen LogP contribution in [0.25, 0.3) is 0 Å². The highest BCUT2D eigenvalue weighted by atomic mass is 16.3. The molecule has 1 nitrogen and oxygen atoms in total. The van der Waals surface area contributed by atoms with Crippen LogP contribution in [0.4, 0.5) is 0 Å². The molecular weight excluding hydrogens is 376 g/mol. The van der Waals surface area contributed by atoms with Crippen LogP contribution in [0.2, 0.25) is 0 Å². The zero-order valence-electron chi connectivity index (χ0n) is 21.3. The zero-order chi connectivity index (χ0) is 22.4. The summed E-state index contributed by atoms with van der Waals surface area (Å²) in [4.78, 5) is 0. The second-order valence-electron chi connectivity index (χ2n) is 12.6. The Balaban J connectivity index is 1.55. The van der Waals surface area contributed by atoms with Crippen molar-refractivity contribution in [3.05, 3.63) is 34.4 Å². The summed E-state index contributed by atoms with van der Waals surface area (Å²) in [5.74, 6) is 3.14. The van der Waals surface area contributed by atoms with Crippen LogP contribution in [-0.2, 0) is 0 Å². The molecule has 4 aliphatic carbocycles. The Morgan fingerprint density at radius 1 is 1.10 bits per heavy atom. The number of hydrogen-bond donors (Lipinski definition) is 1. The van der Waals surface area contributed by atoms with Crippen molar-refractivity contribution in [2.75, 3.05) is 0 Å². The summed E-state index contributed by atoms with van der Waals surface area (Å²) in [6, 6.07) is 0. The Hall–Kier alpha value is -0.820. The number of rotatable bonds is 4. The minimum Gasteiger partial charge on any atom is -0.393 e. The molecule has 0 unspecified atom stereocenters. The molecule has 0 heterocycles. The third-order valence-corrected chi connectivity index (χ3v) is 10.2. The predicted molar refractivity (Wildman–Crippen MR) is 133 cm³/mol. The summed E-state index contributed by atoms with van der Waals surface area (Å²) >= 11 is 0. The average molecular weight is 425 g/mol. The zero-order valence-corrected chi connectivity index (χ0v) is 21.3. The summed E-state index contributed by atoms with van der Waals surface area (Å²) in [6.45, 7) is 14.2. The van der Waals surface area contributed by atoms with Gasteiger partial charge in [-0.2, -0.15) is 0 Å². The SMILES string of the molecule is CC(C)=CCC[C@@H](C)[C@H]1CC=C2C3=C(CC[C@H]2CC1)[C@@]1(C)CC[C@H](O)C(C)(C)[C@@H]1CC3. The Morgan fingerprint density at radius 2 is 1.87 bits per heavy atom. The molecule has 0 bridgehead atoms. The normalized spacial score (nSPS) is 38.2. The lowest BCUT2D eigenvalue weighted by atomic mass is 9.47. The van der Waals surface area contributed by atoms with Gasteiger partial charge >= 0.3 is 0 Å². The van der Waals surface area contributed by atoms with E-state index in [0.717, 1.165) is 24.2 Å². The Morgan fingerprint density at radius 3 is 2.61 bits per heavy atom. The van der Waals surface area contributed by atoms with Crippen LogP contribution in [0.3, 0.4) is 0 Å². The number of aliphatic hydroxyl groups excluding tert-OH is 1. The summed E-state index contributed by atoms with van der Waals surface area (Å²) in [5.41, 5.74) is 7.17. The highest BCUT2D eigenvalue weighted by Crippen LogP contribution is 2.63. The first-order chi connectivity index (χ1) is 14.6. The van der Waals surface area contributed by atoms with E-state index < -0.39 is 0 Å². The lowest BCUT2D eigenvalue weighted by Gasteiger charge is -2.58. The molecule has 1 N–H and O–H groups in total. The van der Waals surface area contributed by atoms with Crippen molar-refractivity contribution in [2.45, 2.75) is 118 Å². The van der Waals surface area contributed by atoms with Crippen LogP contribution in [0.5, 0.6) is 0 Å². The quantitative estimate of drug-likeness (QED) is 0.449. The third-order valence-electron chi connectivity index (χ3n) is 10.2. The second kappa shape index (κ2) is 8.85. The fourth-order valence-corrected chi connectivity index (χ4v) is 8.14. The van der Waals surface area contributed by atoms with Gasteiger partial charge in [-0.05, 0) is 130 Å². The molecule has 6 atom stereocenters. The van der Waals surface area contributed by atoms with Crippen LogP contribution < -0.4 is 0 Å². The van der Waals surface area contributed by atoms with E-state index in [0.29, 0.717) is 11.3 Å². The molecule has 0 amide bonds. The molecule has 0 saturated heterocycles. The fourth-order valence-electron chi connectivity index (χ4n) is 8.14. The molecule has 0 aromatic heterocycles. The topological polar surface area (TPSA) is 20.2 Å². The molecule has 4 rings (SSSR count). The number of fused-ring (bicyclic) bond motifs is 4. The van der Waals surface area contributed by atoms with E-state index in [4.69, 9.17) is 0 Å². The van der Waals surface area contributed by atoms with Gasteiger partial charge in [-0.25, -0.2) is 0 Å². The first-order valence-electron chi connectivity index (χ1n) is 13.4. The molecule has 0 spiro atoms. The van der Waals surface area contributed by atoms with Crippen molar-refractivity contribution in [3.8, 4) is 0 Å². The van der Waals surface area contributed by atoms with Crippen molar-refractivity contribution in [3.63, 3.8) is 0 Å². The van der Waals surface area contributed by atoms with Gasteiger partial charge in [0.2, 0.25) is 0 Å². The van der Waals surface area contributed by atoms with E-state index >= 15 is 0 Å². The molecule has 1 saturated carbocycles. The molecule has 1 fully saturated rings. The van der Waals surface area contributed by atoms with Crippen LogP contribution in [0, 0.1) is 34.5 Å². The molecule has 0 aliphatic heterocycles. The molecule has 1 heteroatoms. The van der Waals surface area contributed by atoms with Crippen LogP contribution in [0.1, 0.15) is 112 Å². The van der Waals surface area contributed by atoms with Crippen molar-refractivity contribution < 1.29 is 5.11 Å². The highest BCUT2D eigenvalue weighted by molar-refractivity contribution is 5.45. The van der Waals surface area contributed by atoms with E-state index in [1.807, 2.05) is 0 Å². The van der Waals surface area contributed by atoms with Gasteiger partial charge in [0.1, 0.15) is 0 Å².